The summed E-state index contributed by atoms with van der Waals surface area (Å²) < 4.78 is 20.5. The number of aromatic nitrogens is 5. The number of halogens is 1. The minimum absolute atomic E-state index is 0.0533. The zero-order valence-electron chi connectivity index (χ0n) is 35.8. The van der Waals surface area contributed by atoms with Gasteiger partial charge in [-0.25, -0.2) is 9.37 Å². The van der Waals surface area contributed by atoms with Gasteiger partial charge in [0.25, 0.3) is 0 Å². The van der Waals surface area contributed by atoms with Crippen molar-refractivity contribution < 1.29 is 23.3 Å². The Morgan fingerprint density at radius 3 is 2.42 bits per heavy atom. The molecule has 0 spiro atoms. The van der Waals surface area contributed by atoms with Crippen molar-refractivity contribution in [2.75, 3.05) is 31.1 Å². The van der Waals surface area contributed by atoms with Crippen LogP contribution in [-0.4, -0.2) is 80.2 Å². The van der Waals surface area contributed by atoms with Crippen LogP contribution in [0.15, 0.2) is 77.4 Å². The SMILES string of the molecule is Cc1cc(-c2[nH]nc3ncc(-c4ccc(N5CCN(C6CCC(c7ccc(C8CCC(=O)NC8=O)c(F)c7)C6)CC5)cc4)cc23)ccc1C(C)NC(=O)c1nc(C(C)(C)C)no1. The topological polar surface area (TPSA) is 162 Å². The van der Waals surface area contributed by atoms with Gasteiger partial charge < -0.3 is 14.7 Å². The number of imide groups is 1. The summed E-state index contributed by atoms with van der Waals surface area (Å²) in [7, 11) is 0. The van der Waals surface area contributed by atoms with Gasteiger partial charge in [-0.05, 0) is 98.0 Å². The number of benzene rings is 3. The largest absolute Gasteiger partial charge is 0.369 e. The number of H-pyrrole nitrogens is 1. The quantitative estimate of drug-likeness (QED) is 0.122. The number of piperidine rings is 1. The van der Waals surface area contributed by atoms with E-state index < -0.39 is 17.7 Å². The Kier molecular flexibility index (Phi) is 11.0. The summed E-state index contributed by atoms with van der Waals surface area (Å²) in [4.78, 5) is 50.9. The molecule has 13 nitrogen and oxygen atoms in total. The highest BCUT2D eigenvalue weighted by Crippen LogP contribution is 2.39. The van der Waals surface area contributed by atoms with Gasteiger partial charge in [-0.2, -0.15) is 10.1 Å². The maximum absolute atomic E-state index is 15.3. The van der Waals surface area contributed by atoms with Crippen molar-refractivity contribution in [1.29, 1.82) is 0 Å². The van der Waals surface area contributed by atoms with Gasteiger partial charge in [0.15, 0.2) is 11.5 Å². The highest BCUT2D eigenvalue weighted by atomic mass is 19.1. The smallest absolute Gasteiger partial charge is 0.315 e. The molecule has 1 saturated carbocycles. The second-order valence-corrected chi connectivity index (χ2v) is 18.2. The minimum Gasteiger partial charge on any atom is -0.369 e. The number of hydrogen-bond donors (Lipinski definition) is 3. The number of aryl methyl sites for hydroxylation is 1. The van der Waals surface area contributed by atoms with Gasteiger partial charge in [0.2, 0.25) is 11.8 Å². The standard InChI is InChI=1S/C48H52FN9O4/c1-27-22-32(10-14-36(27)28(2)51-45(61)46-53-47(56-62-46)48(3,4)5)42-39-24-33(26-50-43(39)55-54-42)29-6-11-34(12-7-29)57-18-20-58(21-19-57)35-13-8-30(23-35)31-9-15-37(40(49)25-31)38-16-17-41(59)52-44(38)60/h6-7,9-12,14-15,22,24-26,28,30,35,38H,8,13,16-21,23H2,1-5H3,(H,51,61)(H,50,54,55)(H,52,59,60). The van der Waals surface area contributed by atoms with Crippen LogP contribution >= 0.6 is 0 Å². The van der Waals surface area contributed by atoms with Gasteiger partial charge in [0.05, 0.1) is 17.7 Å². The molecule has 3 N–H and O–H groups in total. The molecule has 320 valence electrons. The van der Waals surface area contributed by atoms with Crippen molar-refractivity contribution in [2.24, 2.45) is 0 Å². The van der Waals surface area contributed by atoms with E-state index >= 15 is 4.39 Å². The third kappa shape index (κ3) is 8.23. The number of rotatable bonds is 9. The van der Waals surface area contributed by atoms with Crippen LogP contribution in [0.4, 0.5) is 10.1 Å². The molecular formula is C48H52FN9O4. The lowest BCUT2D eigenvalue weighted by Crippen LogP contribution is -2.49. The number of nitrogens with zero attached hydrogens (tertiary/aromatic N) is 6. The van der Waals surface area contributed by atoms with Crippen molar-refractivity contribution in [3.05, 3.63) is 113 Å². The van der Waals surface area contributed by atoms with Crippen LogP contribution in [-0.2, 0) is 15.0 Å². The van der Waals surface area contributed by atoms with Crippen LogP contribution < -0.4 is 15.5 Å². The molecule has 62 heavy (non-hydrogen) atoms. The van der Waals surface area contributed by atoms with Gasteiger partial charge in [-0.1, -0.05) is 62.3 Å². The molecule has 0 bridgehead atoms. The normalized spacial score (nSPS) is 20.4. The molecule has 1 aliphatic carbocycles. The molecule has 5 heterocycles. The molecule has 2 aliphatic heterocycles. The maximum Gasteiger partial charge on any atom is 0.315 e. The Hall–Kier alpha value is -6.28. The first-order valence-electron chi connectivity index (χ1n) is 21.6. The molecule has 3 aliphatic rings. The predicted octanol–water partition coefficient (Wildman–Crippen LogP) is 7.89. The van der Waals surface area contributed by atoms with E-state index in [0.29, 0.717) is 29.5 Å². The fourth-order valence-corrected chi connectivity index (χ4v) is 9.42. The predicted molar refractivity (Wildman–Crippen MR) is 234 cm³/mol. The third-order valence-electron chi connectivity index (χ3n) is 13.0. The summed E-state index contributed by atoms with van der Waals surface area (Å²) in [5.74, 6) is -1.37. The molecule has 14 heteroatoms. The number of fused-ring (bicyclic) bond motifs is 1. The fraction of sp³-hybridized carbons (Fsp3) is 0.396. The Bertz CT molecular complexity index is 2660. The van der Waals surface area contributed by atoms with Crippen LogP contribution in [0.5, 0.6) is 0 Å². The summed E-state index contributed by atoms with van der Waals surface area (Å²) in [6.07, 6.45) is 5.53. The van der Waals surface area contributed by atoms with Crippen LogP contribution in [0.2, 0.25) is 0 Å². The van der Waals surface area contributed by atoms with E-state index in [1.807, 2.05) is 59.0 Å². The number of aromatic amines is 1. The molecule has 3 fully saturated rings. The molecule has 4 unspecified atom stereocenters. The first-order valence-corrected chi connectivity index (χ1v) is 21.6. The molecule has 0 radical (unpaired) electrons. The third-order valence-corrected chi connectivity index (χ3v) is 13.0. The van der Waals surface area contributed by atoms with E-state index in [9.17, 15) is 14.4 Å². The second-order valence-electron chi connectivity index (χ2n) is 18.2. The monoisotopic (exact) mass is 837 g/mol. The first-order chi connectivity index (χ1) is 29.8. The number of amides is 3. The number of hydrogen-bond acceptors (Lipinski definition) is 10. The zero-order valence-corrected chi connectivity index (χ0v) is 35.8. The number of piperazine rings is 1. The number of nitrogens with one attached hydrogen (secondary N) is 3. The van der Waals surface area contributed by atoms with Gasteiger partial charge in [0.1, 0.15) is 5.82 Å². The minimum atomic E-state index is -0.615. The van der Waals surface area contributed by atoms with Crippen molar-refractivity contribution >= 4 is 34.4 Å². The van der Waals surface area contributed by atoms with E-state index in [1.54, 1.807) is 12.1 Å². The van der Waals surface area contributed by atoms with Crippen molar-refractivity contribution in [1.82, 2.24) is 40.9 Å². The highest BCUT2D eigenvalue weighted by Gasteiger charge is 2.34. The average molecular weight is 838 g/mol. The van der Waals surface area contributed by atoms with E-state index in [1.165, 1.54) is 5.69 Å². The molecule has 9 rings (SSSR count). The van der Waals surface area contributed by atoms with Crippen LogP contribution in [0.25, 0.3) is 33.4 Å². The molecule has 2 saturated heterocycles. The molecule has 4 atom stereocenters. The molecular weight excluding hydrogens is 786 g/mol. The van der Waals surface area contributed by atoms with Crippen LogP contribution in [0, 0.1) is 12.7 Å². The molecule has 6 aromatic rings. The van der Waals surface area contributed by atoms with Gasteiger partial charge in [-0.3, -0.25) is 29.7 Å². The summed E-state index contributed by atoms with van der Waals surface area (Å²) in [5.41, 5.74) is 8.77. The zero-order chi connectivity index (χ0) is 43.3. The van der Waals surface area contributed by atoms with Crippen molar-refractivity contribution in [2.45, 2.75) is 96.1 Å². The van der Waals surface area contributed by atoms with Gasteiger partial charge in [-0.15, -0.1) is 0 Å². The van der Waals surface area contributed by atoms with Gasteiger partial charge in [0, 0.05) is 78.0 Å². The fourth-order valence-electron chi connectivity index (χ4n) is 9.42. The summed E-state index contributed by atoms with van der Waals surface area (Å²) in [6.45, 7) is 13.7. The Labute approximate surface area is 359 Å². The summed E-state index contributed by atoms with van der Waals surface area (Å²) in [6, 6.07) is 22.5. The lowest BCUT2D eigenvalue weighted by Gasteiger charge is -2.39. The van der Waals surface area contributed by atoms with E-state index in [0.717, 1.165) is 89.9 Å². The number of pyridine rings is 1. The summed E-state index contributed by atoms with van der Waals surface area (Å²) >= 11 is 0. The Morgan fingerprint density at radius 1 is 0.935 bits per heavy atom. The van der Waals surface area contributed by atoms with Crippen LogP contribution in [0.3, 0.4) is 0 Å². The number of carbonyl (C=O) groups excluding carboxylic acids is 3. The lowest BCUT2D eigenvalue weighted by atomic mass is 9.88. The summed E-state index contributed by atoms with van der Waals surface area (Å²) in [5, 5.41) is 17.9. The maximum atomic E-state index is 15.3. The van der Waals surface area contributed by atoms with Gasteiger partial charge >= 0.3 is 11.8 Å². The van der Waals surface area contributed by atoms with E-state index in [-0.39, 0.29) is 41.4 Å². The number of anilines is 1. The molecule has 3 amide bonds. The van der Waals surface area contributed by atoms with E-state index in [4.69, 9.17) is 9.51 Å². The van der Waals surface area contributed by atoms with E-state index in [2.05, 4.69) is 77.2 Å². The first kappa shape index (κ1) is 41.1. The average Bonchev–Trinajstić information content (AvgIpc) is 4.05. The lowest BCUT2D eigenvalue weighted by molar-refractivity contribution is -0.134. The molecule has 3 aromatic carbocycles. The Balaban J connectivity index is 0.807. The van der Waals surface area contributed by atoms with Crippen molar-refractivity contribution in [3.63, 3.8) is 0 Å². The second kappa shape index (κ2) is 16.5. The van der Waals surface area contributed by atoms with Crippen molar-refractivity contribution in [3.8, 4) is 22.4 Å². The molecule has 3 aromatic heterocycles. The van der Waals surface area contributed by atoms with Crippen LogP contribution in [0.1, 0.15) is 116 Å². The Morgan fingerprint density at radius 2 is 1.71 bits per heavy atom. The number of carbonyl (C=O) groups is 3. The highest BCUT2D eigenvalue weighted by molar-refractivity contribution is 6.01.